The van der Waals surface area contributed by atoms with Crippen molar-refractivity contribution in [1.29, 1.82) is 0 Å². The SMILES string of the molecule is CCn1ccc(C(=O)N2CCCCC2c2nc(CCOCC3CCOCC3)no2)n1. The highest BCUT2D eigenvalue weighted by Gasteiger charge is 2.33. The summed E-state index contributed by atoms with van der Waals surface area (Å²) in [7, 11) is 0. The number of aryl methyl sites for hydroxylation is 1. The maximum absolute atomic E-state index is 13.0. The van der Waals surface area contributed by atoms with E-state index in [0.717, 1.165) is 58.5 Å². The molecule has 1 amide bonds. The molecular weight excluding hydrogens is 386 g/mol. The van der Waals surface area contributed by atoms with Crippen LogP contribution in [0.5, 0.6) is 0 Å². The third kappa shape index (κ3) is 5.07. The molecule has 2 aromatic heterocycles. The molecule has 0 spiro atoms. The van der Waals surface area contributed by atoms with Crippen LogP contribution in [0.2, 0.25) is 0 Å². The lowest BCUT2D eigenvalue weighted by atomic mass is 10.0. The fourth-order valence-electron chi connectivity index (χ4n) is 4.06. The molecule has 0 radical (unpaired) electrons. The molecule has 2 aromatic rings. The zero-order chi connectivity index (χ0) is 20.8. The van der Waals surface area contributed by atoms with Gasteiger partial charge in [-0.2, -0.15) is 10.1 Å². The number of hydrogen-bond donors (Lipinski definition) is 0. The molecule has 4 heterocycles. The molecule has 0 aliphatic carbocycles. The minimum Gasteiger partial charge on any atom is -0.381 e. The van der Waals surface area contributed by atoms with Crippen molar-refractivity contribution in [2.45, 2.75) is 58.0 Å². The van der Waals surface area contributed by atoms with Crippen LogP contribution in [0.15, 0.2) is 16.8 Å². The van der Waals surface area contributed by atoms with Crippen molar-refractivity contribution in [3.8, 4) is 0 Å². The van der Waals surface area contributed by atoms with Crippen LogP contribution in [0.4, 0.5) is 0 Å². The fourth-order valence-corrected chi connectivity index (χ4v) is 4.06. The Kier molecular flexibility index (Phi) is 7.11. The molecule has 2 fully saturated rings. The Morgan fingerprint density at radius 3 is 2.93 bits per heavy atom. The van der Waals surface area contributed by atoms with E-state index in [0.29, 0.717) is 42.9 Å². The van der Waals surface area contributed by atoms with Gasteiger partial charge in [0.1, 0.15) is 11.7 Å². The van der Waals surface area contributed by atoms with E-state index in [-0.39, 0.29) is 11.9 Å². The van der Waals surface area contributed by atoms with Crippen molar-refractivity contribution in [2.75, 3.05) is 33.0 Å². The number of hydrogen-bond acceptors (Lipinski definition) is 7. The van der Waals surface area contributed by atoms with E-state index in [1.807, 2.05) is 18.0 Å². The topological polar surface area (TPSA) is 95.5 Å². The maximum Gasteiger partial charge on any atom is 0.275 e. The lowest BCUT2D eigenvalue weighted by molar-refractivity contribution is 0.0211. The summed E-state index contributed by atoms with van der Waals surface area (Å²) in [6.07, 6.45) is 7.39. The lowest BCUT2D eigenvalue weighted by Gasteiger charge is -2.32. The summed E-state index contributed by atoms with van der Waals surface area (Å²) in [4.78, 5) is 19.4. The zero-order valence-electron chi connectivity index (χ0n) is 17.7. The van der Waals surface area contributed by atoms with Crippen LogP contribution >= 0.6 is 0 Å². The lowest BCUT2D eigenvalue weighted by Crippen LogP contribution is -2.39. The van der Waals surface area contributed by atoms with E-state index < -0.39 is 0 Å². The van der Waals surface area contributed by atoms with Gasteiger partial charge >= 0.3 is 0 Å². The first-order valence-electron chi connectivity index (χ1n) is 11.1. The van der Waals surface area contributed by atoms with E-state index in [4.69, 9.17) is 14.0 Å². The highest BCUT2D eigenvalue weighted by Crippen LogP contribution is 2.31. The van der Waals surface area contributed by atoms with Crippen molar-refractivity contribution < 1.29 is 18.8 Å². The van der Waals surface area contributed by atoms with Gasteiger partial charge in [-0.1, -0.05) is 5.16 Å². The molecule has 0 N–H and O–H groups in total. The van der Waals surface area contributed by atoms with Gasteiger partial charge in [-0.3, -0.25) is 9.48 Å². The quantitative estimate of drug-likeness (QED) is 0.609. The molecule has 0 aromatic carbocycles. The molecule has 2 saturated heterocycles. The van der Waals surface area contributed by atoms with Gasteiger partial charge in [0.15, 0.2) is 5.82 Å². The number of piperidine rings is 1. The summed E-state index contributed by atoms with van der Waals surface area (Å²) < 4.78 is 18.5. The number of carbonyl (C=O) groups is 1. The Balaban J connectivity index is 1.32. The van der Waals surface area contributed by atoms with Gasteiger partial charge in [-0.15, -0.1) is 0 Å². The molecule has 9 heteroatoms. The number of aromatic nitrogens is 4. The van der Waals surface area contributed by atoms with Gasteiger partial charge in [-0.25, -0.2) is 0 Å². The van der Waals surface area contributed by atoms with E-state index in [1.54, 1.807) is 10.7 Å². The minimum atomic E-state index is -0.192. The number of amides is 1. The standard InChI is InChI=1S/C21H31N5O4/c1-2-25-11-6-17(23-25)21(27)26-10-4-3-5-18(26)20-22-19(24-30-20)9-14-29-15-16-7-12-28-13-8-16/h6,11,16,18H,2-5,7-10,12-15H2,1H3. The van der Waals surface area contributed by atoms with Gasteiger partial charge in [0.05, 0.1) is 6.61 Å². The van der Waals surface area contributed by atoms with Gasteiger partial charge < -0.3 is 18.9 Å². The Bertz CT molecular complexity index is 814. The van der Waals surface area contributed by atoms with Crippen molar-refractivity contribution in [3.05, 3.63) is 29.7 Å². The van der Waals surface area contributed by atoms with Crippen LogP contribution in [0.25, 0.3) is 0 Å². The minimum absolute atomic E-state index is 0.0774. The van der Waals surface area contributed by atoms with E-state index in [1.165, 1.54) is 0 Å². The van der Waals surface area contributed by atoms with Crippen LogP contribution in [-0.2, 0) is 22.4 Å². The van der Waals surface area contributed by atoms with Gasteiger partial charge in [0.2, 0.25) is 5.89 Å². The molecule has 2 aliphatic rings. The van der Waals surface area contributed by atoms with Gasteiger partial charge in [-0.05, 0) is 51.0 Å². The summed E-state index contributed by atoms with van der Waals surface area (Å²) in [6.45, 7) is 6.39. The van der Waals surface area contributed by atoms with Crippen LogP contribution < -0.4 is 0 Å². The maximum atomic E-state index is 13.0. The van der Waals surface area contributed by atoms with Crippen molar-refractivity contribution in [2.24, 2.45) is 5.92 Å². The fraction of sp³-hybridized carbons (Fsp3) is 0.714. The molecular formula is C21H31N5O4. The second kappa shape index (κ2) is 10.2. The smallest absolute Gasteiger partial charge is 0.275 e. The second-order valence-corrected chi connectivity index (χ2v) is 8.00. The highest BCUT2D eigenvalue weighted by atomic mass is 16.5. The first-order valence-corrected chi connectivity index (χ1v) is 11.1. The third-order valence-electron chi connectivity index (χ3n) is 5.88. The summed E-state index contributed by atoms with van der Waals surface area (Å²) in [5.41, 5.74) is 0.463. The number of nitrogens with zero attached hydrogens (tertiary/aromatic N) is 5. The van der Waals surface area contributed by atoms with Crippen molar-refractivity contribution in [1.82, 2.24) is 24.8 Å². The normalized spacial score (nSPS) is 20.6. The van der Waals surface area contributed by atoms with E-state index in [9.17, 15) is 4.79 Å². The number of likely N-dealkylation sites (tertiary alicyclic amines) is 1. The van der Waals surface area contributed by atoms with Crippen LogP contribution in [-0.4, -0.2) is 63.7 Å². The molecule has 1 atom stereocenters. The molecule has 30 heavy (non-hydrogen) atoms. The Morgan fingerprint density at radius 1 is 1.27 bits per heavy atom. The molecule has 4 rings (SSSR count). The summed E-state index contributed by atoms with van der Waals surface area (Å²) >= 11 is 0. The Hall–Kier alpha value is -2.26. The number of ether oxygens (including phenoxy) is 2. The van der Waals surface area contributed by atoms with Crippen LogP contribution in [0.3, 0.4) is 0 Å². The molecule has 2 aliphatic heterocycles. The predicted molar refractivity (Wildman–Crippen MR) is 108 cm³/mol. The Labute approximate surface area is 176 Å². The molecule has 0 saturated carbocycles. The number of rotatable bonds is 8. The summed E-state index contributed by atoms with van der Waals surface area (Å²) in [5, 5.41) is 8.48. The Morgan fingerprint density at radius 2 is 2.13 bits per heavy atom. The molecule has 0 bridgehead atoms. The van der Waals surface area contributed by atoms with Gasteiger partial charge in [0, 0.05) is 45.5 Å². The zero-order valence-corrected chi connectivity index (χ0v) is 17.7. The van der Waals surface area contributed by atoms with E-state index in [2.05, 4.69) is 15.2 Å². The first kappa shape index (κ1) is 21.0. The summed E-state index contributed by atoms with van der Waals surface area (Å²) in [6, 6.07) is 1.58. The average molecular weight is 418 g/mol. The molecule has 164 valence electrons. The second-order valence-electron chi connectivity index (χ2n) is 8.00. The molecule has 9 nitrogen and oxygen atoms in total. The van der Waals surface area contributed by atoms with Crippen LogP contribution in [0.1, 0.15) is 67.3 Å². The average Bonchev–Trinajstić information content (AvgIpc) is 3.47. The van der Waals surface area contributed by atoms with E-state index >= 15 is 0 Å². The van der Waals surface area contributed by atoms with Crippen molar-refractivity contribution in [3.63, 3.8) is 0 Å². The number of carbonyl (C=O) groups excluding carboxylic acids is 1. The monoisotopic (exact) mass is 417 g/mol. The third-order valence-corrected chi connectivity index (χ3v) is 5.88. The van der Waals surface area contributed by atoms with Crippen LogP contribution in [0, 0.1) is 5.92 Å². The van der Waals surface area contributed by atoms with Crippen molar-refractivity contribution >= 4 is 5.91 Å². The molecule has 1 unspecified atom stereocenters. The van der Waals surface area contributed by atoms with Gasteiger partial charge in [0.25, 0.3) is 5.91 Å². The first-order chi connectivity index (χ1) is 14.7. The predicted octanol–water partition coefficient (Wildman–Crippen LogP) is 2.64. The highest BCUT2D eigenvalue weighted by molar-refractivity contribution is 5.92. The largest absolute Gasteiger partial charge is 0.381 e. The summed E-state index contributed by atoms with van der Waals surface area (Å²) in [5.74, 6) is 1.65.